The van der Waals surface area contributed by atoms with Gasteiger partial charge < -0.3 is 20.0 Å². The average molecular weight is 517 g/mol. The number of nitrogens with one attached hydrogen (secondary N) is 2. The first-order chi connectivity index (χ1) is 16.6. The van der Waals surface area contributed by atoms with Crippen molar-refractivity contribution < 1.29 is 14.0 Å². The predicted molar refractivity (Wildman–Crippen MR) is 140 cm³/mol. The zero-order valence-corrected chi connectivity index (χ0v) is 21.0. The van der Waals surface area contributed by atoms with Crippen molar-refractivity contribution in [2.24, 2.45) is 5.92 Å². The van der Waals surface area contributed by atoms with Crippen LogP contribution in [-0.2, 0) is 4.79 Å². The van der Waals surface area contributed by atoms with Crippen LogP contribution in [0, 0.1) is 5.92 Å². The molecule has 2 N–H and O–H groups in total. The molecule has 2 aromatic heterocycles. The van der Waals surface area contributed by atoms with Gasteiger partial charge in [0.2, 0.25) is 11.7 Å². The van der Waals surface area contributed by atoms with E-state index in [-0.39, 0.29) is 30.0 Å². The quantitative estimate of drug-likeness (QED) is 0.425. The highest BCUT2D eigenvalue weighted by molar-refractivity contribution is 6.30. The van der Waals surface area contributed by atoms with Crippen LogP contribution in [0.3, 0.4) is 0 Å². The molecule has 0 unspecified atom stereocenters. The number of amides is 2. The molecule has 5 rings (SSSR count). The standard InChI is InChI=1S/C26H29ClN4O3.ClH/c27-18-10-13-22(28-16-18)29-26(33)24-23(20-6-2-3-7-21(20)34-24)30-25(32)17-8-11-19(12-9-17)31-14-4-1-5-15-31;/h2-3,6-7,10,13,16-17,19H,1,4-5,8-9,11-12,14-15H2,(H,30,32)(H,28,29,33);1H. The van der Waals surface area contributed by atoms with Gasteiger partial charge in [-0.25, -0.2) is 4.98 Å². The number of fused-ring (bicyclic) bond motifs is 1. The van der Waals surface area contributed by atoms with Crippen molar-refractivity contribution in [1.82, 2.24) is 9.88 Å². The molecule has 3 aromatic rings. The van der Waals surface area contributed by atoms with Crippen molar-refractivity contribution in [3.8, 4) is 0 Å². The van der Waals surface area contributed by atoms with Crippen LogP contribution in [0.25, 0.3) is 11.0 Å². The zero-order valence-electron chi connectivity index (χ0n) is 19.5. The second-order valence-corrected chi connectivity index (χ2v) is 9.65. The van der Waals surface area contributed by atoms with Crippen LogP contribution in [0.5, 0.6) is 0 Å². The van der Waals surface area contributed by atoms with Crippen LogP contribution in [0.4, 0.5) is 11.5 Å². The van der Waals surface area contributed by atoms with Crippen molar-refractivity contribution in [3.63, 3.8) is 0 Å². The van der Waals surface area contributed by atoms with E-state index >= 15 is 0 Å². The highest BCUT2D eigenvalue weighted by atomic mass is 35.5. The number of anilines is 2. The van der Waals surface area contributed by atoms with Crippen LogP contribution in [0.15, 0.2) is 47.0 Å². The third-order valence-electron chi connectivity index (χ3n) is 6.99. The van der Waals surface area contributed by atoms with E-state index in [9.17, 15) is 9.59 Å². The topological polar surface area (TPSA) is 87.5 Å². The van der Waals surface area contributed by atoms with E-state index in [4.69, 9.17) is 16.0 Å². The van der Waals surface area contributed by atoms with Crippen molar-refractivity contribution >= 4 is 58.3 Å². The number of furan rings is 1. The second-order valence-electron chi connectivity index (χ2n) is 9.21. The van der Waals surface area contributed by atoms with Crippen LogP contribution in [0.1, 0.15) is 55.5 Å². The number of rotatable bonds is 5. The fraction of sp³-hybridized carbons (Fsp3) is 0.423. The molecule has 3 heterocycles. The summed E-state index contributed by atoms with van der Waals surface area (Å²) in [6.45, 7) is 2.37. The molecular formula is C26H30Cl2N4O3. The number of hydrogen-bond acceptors (Lipinski definition) is 5. The Bertz CT molecular complexity index is 1170. The van der Waals surface area contributed by atoms with Gasteiger partial charge in [-0.05, 0) is 75.9 Å². The molecule has 0 radical (unpaired) electrons. The summed E-state index contributed by atoms with van der Waals surface area (Å²) in [5, 5.41) is 6.92. The lowest BCUT2D eigenvalue weighted by Crippen LogP contribution is -2.42. The number of carbonyl (C=O) groups excluding carboxylic acids is 2. The predicted octanol–water partition coefficient (Wildman–Crippen LogP) is 6.14. The Balaban J connectivity index is 0.00000289. The number of likely N-dealkylation sites (tertiary alicyclic amines) is 1. The van der Waals surface area contributed by atoms with E-state index in [1.54, 1.807) is 18.2 Å². The summed E-state index contributed by atoms with van der Waals surface area (Å²) in [6, 6.07) is 11.2. The van der Waals surface area contributed by atoms with Gasteiger partial charge >= 0.3 is 0 Å². The lowest BCUT2D eigenvalue weighted by Gasteiger charge is -2.38. The Morgan fingerprint density at radius 1 is 0.971 bits per heavy atom. The van der Waals surface area contributed by atoms with Gasteiger partial charge in [-0.3, -0.25) is 9.59 Å². The van der Waals surface area contributed by atoms with Crippen molar-refractivity contribution in [3.05, 3.63) is 53.4 Å². The van der Waals surface area contributed by atoms with Crippen LogP contribution in [0.2, 0.25) is 5.02 Å². The smallest absolute Gasteiger partial charge is 0.294 e. The molecular weight excluding hydrogens is 487 g/mol. The fourth-order valence-corrected chi connectivity index (χ4v) is 5.28. The molecule has 2 fully saturated rings. The lowest BCUT2D eigenvalue weighted by molar-refractivity contribution is -0.121. The van der Waals surface area contributed by atoms with E-state index in [0.717, 1.165) is 25.7 Å². The molecule has 186 valence electrons. The van der Waals surface area contributed by atoms with E-state index in [1.807, 2.05) is 18.2 Å². The van der Waals surface area contributed by atoms with Gasteiger partial charge in [-0.15, -0.1) is 12.4 Å². The maximum absolute atomic E-state index is 13.2. The van der Waals surface area contributed by atoms with Gasteiger partial charge in [0, 0.05) is 23.5 Å². The molecule has 1 aliphatic carbocycles. The summed E-state index contributed by atoms with van der Waals surface area (Å²) < 4.78 is 5.85. The minimum absolute atomic E-state index is 0. The first-order valence-corrected chi connectivity index (χ1v) is 12.5. The van der Waals surface area contributed by atoms with Crippen LogP contribution < -0.4 is 10.6 Å². The molecule has 0 bridgehead atoms. The summed E-state index contributed by atoms with van der Waals surface area (Å²) >= 11 is 5.88. The molecule has 0 atom stereocenters. The Morgan fingerprint density at radius 2 is 1.71 bits per heavy atom. The minimum atomic E-state index is -0.477. The number of piperidine rings is 1. The van der Waals surface area contributed by atoms with Crippen LogP contribution >= 0.6 is 24.0 Å². The maximum atomic E-state index is 13.2. The molecule has 1 saturated heterocycles. The lowest BCUT2D eigenvalue weighted by atomic mass is 9.84. The summed E-state index contributed by atoms with van der Waals surface area (Å²) in [5.41, 5.74) is 0.950. The van der Waals surface area contributed by atoms with Gasteiger partial charge in [0.1, 0.15) is 17.1 Å². The van der Waals surface area contributed by atoms with Gasteiger partial charge in [0.25, 0.3) is 5.91 Å². The van der Waals surface area contributed by atoms with Crippen molar-refractivity contribution in [2.45, 2.75) is 51.0 Å². The van der Waals surface area contributed by atoms with Crippen LogP contribution in [-0.4, -0.2) is 40.8 Å². The highest BCUT2D eigenvalue weighted by Crippen LogP contribution is 2.34. The fourth-order valence-electron chi connectivity index (χ4n) is 5.16. The zero-order chi connectivity index (χ0) is 23.5. The highest BCUT2D eigenvalue weighted by Gasteiger charge is 2.31. The molecule has 9 heteroatoms. The third kappa shape index (κ3) is 5.80. The number of hydrogen-bond donors (Lipinski definition) is 2. The Hall–Kier alpha value is -2.61. The molecule has 1 aromatic carbocycles. The number of halogens is 2. The summed E-state index contributed by atoms with van der Waals surface area (Å²) in [7, 11) is 0. The van der Waals surface area contributed by atoms with Crippen molar-refractivity contribution in [2.75, 3.05) is 23.7 Å². The molecule has 7 nitrogen and oxygen atoms in total. The molecule has 2 amide bonds. The normalized spacial score (nSPS) is 20.7. The van der Waals surface area contributed by atoms with Gasteiger partial charge in [0.15, 0.2) is 0 Å². The number of benzene rings is 1. The molecule has 35 heavy (non-hydrogen) atoms. The first-order valence-electron chi connectivity index (χ1n) is 12.1. The SMILES string of the molecule is Cl.O=C(Nc1ccc(Cl)cn1)c1oc2ccccc2c1NC(=O)C1CCC(N2CCCCC2)CC1. The number of pyridine rings is 1. The molecule has 2 aliphatic rings. The van der Waals surface area contributed by atoms with Crippen molar-refractivity contribution in [1.29, 1.82) is 0 Å². The minimum Gasteiger partial charge on any atom is -0.449 e. The Labute approximate surface area is 216 Å². The first kappa shape index (κ1) is 25.5. The Morgan fingerprint density at radius 3 is 2.43 bits per heavy atom. The second kappa shape index (κ2) is 11.4. The van der Waals surface area contributed by atoms with Gasteiger partial charge in [-0.2, -0.15) is 0 Å². The summed E-state index contributed by atoms with van der Waals surface area (Å²) in [4.78, 5) is 33.0. The van der Waals surface area contributed by atoms with E-state index < -0.39 is 5.91 Å². The summed E-state index contributed by atoms with van der Waals surface area (Å²) in [6.07, 6.45) is 9.15. The maximum Gasteiger partial charge on any atom is 0.294 e. The molecule has 1 saturated carbocycles. The molecule has 1 aliphatic heterocycles. The Kier molecular flexibility index (Phi) is 8.31. The molecule has 0 spiro atoms. The number of nitrogens with zero attached hydrogens (tertiary/aromatic N) is 2. The average Bonchev–Trinajstić information content (AvgIpc) is 3.24. The number of carbonyl (C=O) groups is 2. The van der Waals surface area contributed by atoms with E-state index in [0.29, 0.717) is 33.5 Å². The van der Waals surface area contributed by atoms with E-state index in [1.165, 1.54) is 38.5 Å². The van der Waals surface area contributed by atoms with Gasteiger partial charge in [-0.1, -0.05) is 30.2 Å². The summed E-state index contributed by atoms with van der Waals surface area (Å²) in [5.74, 6) is -0.183. The number of aromatic nitrogens is 1. The monoisotopic (exact) mass is 516 g/mol. The van der Waals surface area contributed by atoms with Gasteiger partial charge in [0.05, 0.1) is 5.02 Å². The third-order valence-corrected chi connectivity index (χ3v) is 7.22. The van der Waals surface area contributed by atoms with E-state index in [2.05, 4.69) is 20.5 Å². The largest absolute Gasteiger partial charge is 0.449 e. The number of para-hydroxylation sites is 1.